The third kappa shape index (κ3) is 3.65. The maximum Gasteiger partial charge on any atom is 0.328 e. The quantitative estimate of drug-likeness (QED) is 0.603. The van der Waals surface area contributed by atoms with Crippen LogP contribution < -0.4 is 14.2 Å². The molecule has 0 aliphatic carbocycles. The van der Waals surface area contributed by atoms with E-state index in [1.807, 2.05) is 11.8 Å². The first-order chi connectivity index (χ1) is 10.2. The Morgan fingerprint density at radius 3 is 2.29 bits per heavy atom. The zero-order chi connectivity index (χ0) is 15.2. The normalized spacial score (nSPS) is 17.1. The Hall–Kier alpha value is -1.79. The molecule has 6 nitrogen and oxygen atoms in total. The van der Waals surface area contributed by atoms with Crippen molar-refractivity contribution < 1.29 is 23.7 Å². The molecule has 0 N–H and O–H groups in total. The van der Waals surface area contributed by atoms with E-state index in [-0.39, 0.29) is 12.0 Å². The number of nitrogens with zero attached hydrogens (tertiary/aromatic N) is 1. The highest BCUT2D eigenvalue weighted by atomic mass is 16.6. The van der Waals surface area contributed by atoms with Crippen molar-refractivity contribution in [2.45, 2.75) is 13.0 Å². The summed E-state index contributed by atoms with van der Waals surface area (Å²) in [6, 6.07) is 4.89. The van der Waals surface area contributed by atoms with Crippen LogP contribution in [0, 0.1) is 0 Å². The summed E-state index contributed by atoms with van der Waals surface area (Å²) in [6.07, 6.45) is 0. The monoisotopic (exact) mass is 295 g/mol. The molecule has 116 valence electrons. The van der Waals surface area contributed by atoms with E-state index >= 15 is 0 Å². The molecule has 1 aromatic rings. The van der Waals surface area contributed by atoms with Crippen molar-refractivity contribution in [2.75, 3.05) is 40.5 Å². The van der Waals surface area contributed by atoms with Gasteiger partial charge in [0, 0.05) is 13.1 Å². The predicted molar refractivity (Wildman–Crippen MR) is 77.0 cm³/mol. The predicted octanol–water partition coefficient (Wildman–Crippen LogP) is 1.33. The summed E-state index contributed by atoms with van der Waals surface area (Å²) in [5, 5.41) is 0. The summed E-state index contributed by atoms with van der Waals surface area (Å²) in [4.78, 5) is 14.4. The number of hydrogen-bond donors (Lipinski definition) is 0. The molecule has 1 fully saturated rings. The second-order valence-corrected chi connectivity index (χ2v) is 4.74. The van der Waals surface area contributed by atoms with Gasteiger partial charge in [-0.15, -0.1) is 0 Å². The third-order valence-electron chi connectivity index (χ3n) is 3.52. The number of carbonyl (C=O) groups is 1. The molecule has 1 heterocycles. The van der Waals surface area contributed by atoms with Gasteiger partial charge in [-0.2, -0.15) is 0 Å². The van der Waals surface area contributed by atoms with Crippen molar-refractivity contribution in [1.82, 2.24) is 4.90 Å². The molecule has 1 aromatic carbocycles. The molecule has 1 saturated heterocycles. The van der Waals surface area contributed by atoms with Crippen molar-refractivity contribution in [3.8, 4) is 17.2 Å². The molecular formula is C15H21NO5. The summed E-state index contributed by atoms with van der Waals surface area (Å²) in [5.41, 5.74) is 0. The first-order valence-corrected chi connectivity index (χ1v) is 6.92. The first-order valence-electron chi connectivity index (χ1n) is 6.92. The number of hydrogen-bond acceptors (Lipinski definition) is 6. The van der Waals surface area contributed by atoms with E-state index in [0.717, 1.165) is 13.1 Å². The lowest BCUT2D eigenvalue weighted by atomic mass is 10.2. The number of benzene rings is 1. The topological polar surface area (TPSA) is 57.2 Å². The molecule has 0 spiro atoms. The molecular weight excluding hydrogens is 274 g/mol. The molecule has 1 aliphatic rings. The average Bonchev–Trinajstić information content (AvgIpc) is 2.55. The summed E-state index contributed by atoms with van der Waals surface area (Å²) in [5.74, 6) is 0.918. The SMILES string of the molecule is COc1cccc(OC)c1OC(=O)[C@@H](C)N1CCOCC1. The van der Waals surface area contributed by atoms with Gasteiger partial charge in [0.2, 0.25) is 5.75 Å². The van der Waals surface area contributed by atoms with E-state index in [2.05, 4.69) is 0 Å². The number of ether oxygens (including phenoxy) is 4. The fourth-order valence-corrected chi connectivity index (χ4v) is 2.22. The Bertz CT molecular complexity index is 463. The van der Waals surface area contributed by atoms with Crippen molar-refractivity contribution in [2.24, 2.45) is 0 Å². The number of esters is 1. The van der Waals surface area contributed by atoms with E-state index in [0.29, 0.717) is 30.5 Å². The zero-order valence-electron chi connectivity index (χ0n) is 12.6. The molecule has 1 aliphatic heterocycles. The van der Waals surface area contributed by atoms with Gasteiger partial charge in [-0.25, -0.2) is 4.79 Å². The molecule has 0 radical (unpaired) electrons. The Balaban J connectivity index is 2.11. The van der Waals surface area contributed by atoms with Crippen molar-refractivity contribution >= 4 is 5.97 Å². The van der Waals surface area contributed by atoms with Gasteiger partial charge in [0.25, 0.3) is 0 Å². The van der Waals surface area contributed by atoms with Crippen LogP contribution in [0.15, 0.2) is 18.2 Å². The molecule has 6 heteroatoms. The summed E-state index contributed by atoms with van der Waals surface area (Å²) in [7, 11) is 3.05. The van der Waals surface area contributed by atoms with Crippen LogP contribution in [0.5, 0.6) is 17.2 Å². The second-order valence-electron chi connectivity index (χ2n) is 4.74. The van der Waals surface area contributed by atoms with Crippen LogP contribution in [0.4, 0.5) is 0 Å². The van der Waals surface area contributed by atoms with Gasteiger partial charge in [0.15, 0.2) is 11.5 Å². The number of rotatable bonds is 5. The van der Waals surface area contributed by atoms with E-state index < -0.39 is 0 Å². The van der Waals surface area contributed by atoms with Crippen LogP contribution in [-0.2, 0) is 9.53 Å². The Kier molecular flexibility index (Phi) is 5.41. The van der Waals surface area contributed by atoms with E-state index in [4.69, 9.17) is 18.9 Å². The van der Waals surface area contributed by atoms with Gasteiger partial charge >= 0.3 is 5.97 Å². The number of carbonyl (C=O) groups excluding carboxylic acids is 1. The maximum absolute atomic E-state index is 12.3. The standard InChI is InChI=1S/C15H21NO5/c1-11(16-7-9-20-10-8-16)15(17)21-14-12(18-2)5-4-6-13(14)19-3/h4-6,11H,7-10H2,1-3H3/t11-/m1/s1. The van der Waals surface area contributed by atoms with Gasteiger partial charge in [0.05, 0.1) is 27.4 Å². The van der Waals surface area contributed by atoms with Crippen LogP contribution >= 0.6 is 0 Å². The van der Waals surface area contributed by atoms with Crippen LogP contribution in [0.25, 0.3) is 0 Å². The molecule has 1 atom stereocenters. The minimum absolute atomic E-state index is 0.313. The third-order valence-corrected chi connectivity index (χ3v) is 3.52. The highest BCUT2D eigenvalue weighted by Gasteiger charge is 2.26. The molecule has 0 aromatic heterocycles. The molecule has 0 amide bonds. The average molecular weight is 295 g/mol. The van der Waals surface area contributed by atoms with Crippen LogP contribution in [0.1, 0.15) is 6.92 Å². The van der Waals surface area contributed by atoms with Crippen molar-refractivity contribution in [3.05, 3.63) is 18.2 Å². The fourth-order valence-electron chi connectivity index (χ4n) is 2.22. The summed E-state index contributed by atoms with van der Waals surface area (Å²) in [6.45, 7) is 4.54. The molecule has 0 saturated carbocycles. The Labute approximate surface area is 124 Å². The lowest BCUT2D eigenvalue weighted by molar-refractivity contribution is -0.141. The highest BCUT2D eigenvalue weighted by Crippen LogP contribution is 2.37. The minimum atomic E-state index is -0.344. The molecule has 21 heavy (non-hydrogen) atoms. The van der Waals surface area contributed by atoms with Gasteiger partial charge in [-0.05, 0) is 19.1 Å². The molecule has 2 rings (SSSR count). The Morgan fingerprint density at radius 2 is 1.76 bits per heavy atom. The van der Waals surface area contributed by atoms with Gasteiger partial charge in [-0.1, -0.05) is 6.07 Å². The van der Waals surface area contributed by atoms with Gasteiger partial charge in [-0.3, -0.25) is 4.90 Å². The zero-order valence-corrected chi connectivity index (χ0v) is 12.6. The molecule has 0 bridgehead atoms. The molecule has 0 unspecified atom stereocenters. The maximum atomic E-state index is 12.3. The van der Waals surface area contributed by atoms with Crippen molar-refractivity contribution in [1.29, 1.82) is 0 Å². The minimum Gasteiger partial charge on any atom is -0.493 e. The van der Waals surface area contributed by atoms with E-state index in [9.17, 15) is 4.79 Å². The summed E-state index contributed by atoms with van der Waals surface area (Å²) < 4.78 is 21.2. The van der Waals surface area contributed by atoms with E-state index in [1.54, 1.807) is 18.2 Å². The van der Waals surface area contributed by atoms with Crippen LogP contribution in [0.2, 0.25) is 0 Å². The first kappa shape index (κ1) is 15.6. The number of methoxy groups -OCH3 is 2. The lowest BCUT2D eigenvalue weighted by Crippen LogP contribution is -2.47. The second kappa shape index (κ2) is 7.28. The summed E-state index contributed by atoms with van der Waals surface area (Å²) >= 11 is 0. The van der Waals surface area contributed by atoms with Gasteiger partial charge < -0.3 is 18.9 Å². The largest absolute Gasteiger partial charge is 0.493 e. The number of para-hydroxylation sites is 1. The van der Waals surface area contributed by atoms with Crippen LogP contribution in [0.3, 0.4) is 0 Å². The van der Waals surface area contributed by atoms with E-state index in [1.165, 1.54) is 14.2 Å². The van der Waals surface area contributed by atoms with Crippen molar-refractivity contribution in [3.63, 3.8) is 0 Å². The lowest BCUT2D eigenvalue weighted by Gasteiger charge is -2.30. The highest BCUT2D eigenvalue weighted by molar-refractivity contribution is 5.79. The number of morpholine rings is 1. The van der Waals surface area contributed by atoms with Crippen LogP contribution in [-0.4, -0.2) is 57.4 Å². The smallest absolute Gasteiger partial charge is 0.328 e. The van der Waals surface area contributed by atoms with Gasteiger partial charge in [0.1, 0.15) is 6.04 Å². The fraction of sp³-hybridized carbons (Fsp3) is 0.533. The Morgan fingerprint density at radius 1 is 1.19 bits per heavy atom.